The molecular weight excluding hydrogens is 656 g/mol. The lowest BCUT2D eigenvalue weighted by atomic mass is 9.79. The van der Waals surface area contributed by atoms with Gasteiger partial charge < -0.3 is 20.7 Å². The predicted octanol–water partition coefficient (Wildman–Crippen LogP) is 7.27. The molecule has 10 nitrogen and oxygen atoms in total. The summed E-state index contributed by atoms with van der Waals surface area (Å²) in [5, 5.41) is 11.7. The largest absolute Gasteiger partial charge is 0.444 e. The van der Waals surface area contributed by atoms with Crippen LogP contribution >= 0.6 is 0 Å². The highest BCUT2D eigenvalue weighted by atomic mass is 19.4. The number of halogens is 4. The van der Waals surface area contributed by atoms with Gasteiger partial charge in [0.15, 0.2) is 5.69 Å². The summed E-state index contributed by atoms with van der Waals surface area (Å²) in [6, 6.07) is 14.2. The molecule has 1 unspecified atom stereocenters. The zero-order valence-corrected chi connectivity index (χ0v) is 28.0. The molecule has 2 heterocycles. The molecule has 264 valence electrons. The van der Waals surface area contributed by atoms with E-state index >= 15 is 4.39 Å². The standard InChI is InChI=1S/C36H38F4N6O4/c1-22(47)44-35(15-14-23-10-11-23,26-8-6-16-41-21-26)25-12-13-28(37)29(18-25)43-32(48)30-19-31(36(38,39)40)45-46(30)27-9-5-7-24(17-27)20-42-33(49)50-34(2,3)4/h5-9,12-13,16-19,21,23H,10-11,14-15,20H2,1-4H3,(H,42,49)(H,43,48)(H,44,47). The number of rotatable bonds is 11. The highest BCUT2D eigenvalue weighted by molar-refractivity contribution is 6.03. The molecule has 0 aliphatic heterocycles. The zero-order chi connectivity index (χ0) is 36.3. The number of carbonyl (C=O) groups is 3. The number of hydrogen-bond acceptors (Lipinski definition) is 6. The normalized spacial score (nSPS) is 14.4. The summed E-state index contributed by atoms with van der Waals surface area (Å²) < 4.78 is 63.1. The average molecular weight is 695 g/mol. The van der Waals surface area contributed by atoms with E-state index in [-0.39, 0.29) is 23.8 Å². The number of ether oxygens (including phenoxy) is 1. The van der Waals surface area contributed by atoms with Crippen LogP contribution in [0.15, 0.2) is 73.1 Å². The van der Waals surface area contributed by atoms with Crippen LogP contribution in [-0.4, -0.2) is 38.3 Å². The van der Waals surface area contributed by atoms with Gasteiger partial charge in [0.25, 0.3) is 5.91 Å². The lowest BCUT2D eigenvalue weighted by Crippen LogP contribution is -2.46. The van der Waals surface area contributed by atoms with Crippen LogP contribution in [0.4, 0.5) is 28.0 Å². The smallest absolute Gasteiger partial charge is 0.435 e. The first-order chi connectivity index (χ1) is 23.5. The topological polar surface area (TPSA) is 127 Å². The summed E-state index contributed by atoms with van der Waals surface area (Å²) in [5.74, 6) is -1.77. The molecule has 0 bridgehead atoms. The number of nitrogens with zero attached hydrogens (tertiary/aromatic N) is 3. The Kier molecular flexibility index (Phi) is 10.3. The molecule has 14 heteroatoms. The van der Waals surface area contributed by atoms with E-state index in [0.717, 1.165) is 30.0 Å². The van der Waals surface area contributed by atoms with E-state index in [2.05, 4.69) is 26.0 Å². The van der Waals surface area contributed by atoms with Crippen LogP contribution in [-0.2, 0) is 27.8 Å². The first-order valence-electron chi connectivity index (χ1n) is 16.1. The fourth-order valence-electron chi connectivity index (χ4n) is 5.64. The van der Waals surface area contributed by atoms with Crippen LogP contribution in [0.3, 0.4) is 0 Å². The minimum absolute atomic E-state index is 0.0244. The minimum atomic E-state index is -4.90. The van der Waals surface area contributed by atoms with E-state index < -0.39 is 46.5 Å². The van der Waals surface area contributed by atoms with Crippen molar-refractivity contribution in [3.8, 4) is 5.69 Å². The van der Waals surface area contributed by atoms with Crippen LogP contribution in [0.25, 0.3) is 5.69 Å². The Bertz CT molecular complexity index is 1870. The monoisotopic (exact) mass is 694 g/mol. The van der Waals surface area contributed by atoms with Gasteiger partial charge in [-0.15, -0.1) is 0 Å². The van der Waals surface area contributed by atoms with E-state index in [4.69, 9.17) is 4.74 Å². The molecular formula is C36H38F4N6O4. The van der Waals surface area contributed by atoms with E-state index in [1.807, 2.05) is 0 Å². The second-order valence-electron chi connectivity index (χ2n) is 13.3. The molecule has 5 rings (SSSR count). The number of alkyl carbamates (subject to hydrolysis) is 1. The molecule has 3 amide bonds. The van der Waals surface area contributed by atoms with Gasteiger partial charge in [-0.1, -0.05) is 37.1 Å². The summed E-state index contributed by atoms with van der Waals surface area (Å²) in [5.41, 5.74) is -2.37. The molecule has 1 saturated carbocycles. The average Bonchev–Trinajstić information content (AvgIpc) is 3.76. The summed E-state index contributed by atoms with van der Waals surface area (Å²) in [7, 11) is 0. The first kappa shape index (κ1) is 36.0. The third-order valence-corrected chi connectivity index (χ3v) is 8.10. The Hall–Kier alpha value is -5.27. The van der Waals surface area contributed by atoms with Gasteiger partial charge >= 0.3 is 12.3 Å². The van der Waals surface area contributed by atoms with Crippen LogP contribution in [0.2, 0.25) is 0 Å². The molecule has 0 radical (unpaired) electrons. The first-order valence-corrected chi connectivity index (χ1v) is 16.1. The highest BCUT2D eigenvalue weighted by Crippen LogP contribution is 2.42. The molecule has 1 aliphatic carbocycles. The Labute approximate surface area is 286 Å². The molecule has 0 saturated heterocycles. The Balaban J connectivity index is 1.49. The van der Waals surface area contributed by atoms with Gasteiger partial charge in [0.1, 0.15) is 17.1 Å². The lowest BCUT2D eigenvalue weighted by Gasteiger charge is -2.36. The molecule has 50 heavy (non-hydrogen) atoms. The molecule has 1 fully saturated rings. The molecule has 0 spiro atoms. The fraction of sp³-hybridized carbons (Fsp3) is 0.361. The lowest BCUT2D eigenvalue weighted by molar-refractivity contribution is -0.141. The van der Waals surface area contributed by atoms with Gasteiger partial charge in [-0.05, 0) is 81.0 Å². The summed E-state index contributed by atoms with van der Waals surface area (Å²) >= 11 is 0. The maximum atomic E-state index is 15.4. The fourth-order valence-corrected chi connectivity index (χ4v) is 5.64. The highest BCUT2D eigenvalue weighted by Gasteiger charge is 2.39. The SMILES string of the molecule is CC(=O)NC(CCC1CC1)(c1cccnc1)c1ccc(F)c(NC(=O)c2cc(C(F)(F)F)nn2-c2cccc(CNC(=O)OC(C)(C)C)c2)c1. The second-order valence-corrected chi connectivity index (χ2v) is 13.3. The van der Waals surface area contributed by atoms with Crippen molar-refractivity contribution >= 4 is 23.6 Å². The van der Waals surface area contributed by atoms with Gasteiger partial charge in [0.05, 0.1) is 16.9 Å². The minimum Gasteiger partial charge on any atom is -0.444 e. The number of benzene rings is 2. The van der Waals surface area contributed by atoms with Crippen LogP contribution < -0.4 is 16.0 Å². The number of hydrogen-bond donors (Lipinski definition) is 3. The summed E-state index contributed by atoms with van der Waals surface area (Å²) in [6.45, 7) is 6.45. The van der Waals surface area contributed by atoms with Crippen LogP contribution in [0.5, 0.6) is 0 Å². The third kappa shape index (κ3) is 8.84. The van der Waals surface area contributed by atoms with Gasteiger partial charge in [-0.2, -0.15) is 18.3 Å². The quantitative estimate of drug-likeness (QED) is 0.142. The number of aromatic nitrogens is 3. The zero-order valence-electron chi connectivity index (χ0n) is 28.0. The predicted molar refractivity (Wildman–Crippen MR) is 177 cm³/mol. The van der Waals surface area contributed by atoms with E-state index in [1.165, 1.54) is 37.3 Å². The van der Waals surface area contributed by atoms with Crippen molar-refractivity contribution in [3.05, 3.63) is 107 Å². The van der Waals surface area contributed by atoms with Crippen molar-refractivity contribution in [3.63, 3.8) is 0 Å². The van der Waals surface area contributed by atoms with Crippen molar-refractivity contribution in [2.24, 2.45) is 5.92 Å². The van der Waals surface area contributed by atoms with Gasteiger partial charge in [0, 0.05) is 37.5 Å². The van der Waals surface area contributed by atoms with Crippen LogP contribution in [0, 0.1) is 11.7 Å². The Morgan fingerprint density at radius 3 is 2.38 bits per heavy atom. The molecule has 3 N–H and O–H groups in total. The van der Waals surface area contributed by atoms with Crippen molar-refractivity contribution in [1.82, 2.24) is 25.4 Å². The molecule has 1 aliphatic rings. The second kappa shape index (κ2) is 14.3. The number of alkyl halides is 3. The van der Waals surface area contributed by atoms with E-state index in [1.54, 1.807) is 51.4 Å². The number of anilines is 1. The van der Waals surface area contributed by atoms with E-state index in [0.29, 0.717) is 35.1 Å². The van der Waals surface area contributed by atoms with Gasteiger partial charge in [-0.3, -0.25) is 14.6 Å². The number of nitrogens with one attached hydrogen (secondary N) is 3. The summed E-state index contributed by atoms with van der Waals surface area (Å²) in [4.78, 5) is 42.7. The van der Waals surface area contributed by atoms with Crippen molar-refractivity contribution in [2.45, 2.75) is 77.2 Å². The molecule has 2 aromatic carbocycles. The van der Waals surface area contributed by atoms with Gasteiger partial charge in [0.2, 0.25) is 5.91 Å². The van der Waals surface area contributed by atoms with Crippen molar-refractivity contribution < 1.29 is 36.7 Å². The number of amides is 3. The molecule has 1 atom stereocenters. The molecule has 2 aromatic heterocycles. The maximum Gasteiger partial charge on any atom is 0.435 e. The van der Waals surface area contributed by atoms with Crippen LogP contribution in [0.1, 0.15) is 86.3 Å². The Morgan fingerprint density at radius 2 is 1.74 bits per heavy atom. The third-order valence-electron chi connectivity index (χ3n) is 8.10. The summed E-state index contributed by atoms with van der Waals surface area (Å²) in [6.07, 6.45) is 0.955. The van der Waals surface area contributed by atoms with E-state index in [9.17, 15) is 27.6 Å². The van der Waals surface area contributed by atoms with Crippen molar-refractivity contribution in [1.29, 1.82) is 0 Å². The van der Waals surface area contributed by atoms with Gasteiger partial charge in [-0.25, -0.2) is 13.9 Å². The number of carbonyl (C=O) groups excluding carboxylic acids is 3. The maximum absolute atomic E-state index is 15.4. The number of pyridine rings is 1. The molecule has 4 aromatic rings. The Morgan fingerprint density at radius 1 is 0.980 bits per heavy atom. The van der Waals surface area contributed by atoms with Crippen molar-refractivity contribution in [2.75, 3.05) is 5.32 Å².